The van der Waals surface area contributed by atoms with Crippen LogP contribution in [0.4, 0.5) is 10.1 Å². The van der Waals surface area contributed by atoms with E-state index in [1.165, 1.54) is 12.1 Å². The van der Waals surface area contributed by atoms with Gasteiger partial charge in [0.05, 0.1) is 5.69 Å². The van der Waals surface area contributed by atoms with Gasteiger partial charge in [-0.1, -0.05) is 49.7 Å². The summed E-state index contributed by atoms with van der Waals surface area (Å²) in [5, 5.41) is 0.248. The number of anilines is 1. The predicted molar refractivity (Wildman–Crippen MR) is 117 cm³/mol. The topological polar surface area (TPSA) is 37.4 Å². The van der Waals surface area contributed by atoms with Crippen molar-refractivity contribution in [2.75, 3.05) is 4.90 Å². The molecule has 1 atom stereocenters. The average molecular weight is 426 g/mol. The van der Waals surface area contributed by atoms with E-state index in [0.717, 1.165) is 16.8 Å². The molecular weight excluding hydrogens is 401 g/mol. The standard InChI is InChI=1S/C25H25ClFNO2/c1-14-7-5-8-15(2)24(14)28-19-12-25(3,4)13-20(29)23(19)16(11-21(28)30)22-17(26)9-6-10-18(22)27/h5-10,16H,11-13H2,1-4H3. The second kappa shape index (κ2) is 7.35. The number of carbonyl (C=O) groups excluding carboxylic acids is 2. The summed E-state index contributed by atoms with van der Waals surface area (Å²) >= 11 is 6.35. The summed E-state index contributed by atoms with van der Waals surface area (Å²) in [6.45, 7) is 7.99. The minimum Gasteiger partial charge on any atom is -0.294 e. The molecule has 156 valence electrons. The van der Waals surface area contributed by atoms with Crippen LogP contribution < -0.4 is 4.90 Å². The lowest BCUT2D eigenvalue weighted by Crippen LogP contribution is -2.44. The molecule has 1 amide bonds. The normalized spacial score (nSPS) is 21.1. The van der Waals surface area contributed by atoms with E-state index >= 15 is 0 Å². The van der Waals surface area contributed by atoms with E-state index in [1.54, 1.807) is 11.0 Å². The summed E-state index contributed by atoms with van der Waals surface area (Å²) in [5.41, 5.74) is 3.93. The summed E-state index contributed by atoms with van der Waals surface area (Å²) in [6.07, 6.45) is 0.943. The van der Waals surface area contributed by atoms with E-state index in [9.17, 15) is 14.0 Å². The lowest BCUT2D eigenvalue weighted by Gasteiger charge is -2.43. The van der Waals surface area contributed by atoms with E-state index in [1.807, 2.05) is 45.9 Å². The Morgan fingerprint density at radius 1 is 1.03 bits per heavy atom. The maximum absolute atomic E-state index is 14.8. The third-order valence-electron chi connectivity index (χ3n) is 6.15. The molecule has 30 heavy (non-hydrogen) atoms. The van der Waals surface area contributed by atoms with Crippen molar-refractivity contribution >= 4 is 29.0 Å². The van der Waals surface area contributed by atoms with Gasteiger partial charge in [0.15, 0.2) is 5.78 Å². The van der Waals surface area contributed by atoms with E-state index in [0.29, 0.717) is 24.1 Å². The van der Waals surface area contributed by atoms with Crippen LogP contribution in [0.5, 0.6) is 0 Å². The van der Waals surface area contributed by atoms with Crippen LogP contribution >= 0.6 is 11.6 Å². The number of allylic oxidation sites excluding steroid dienone is 2. The Balaban J connectivity index is 1.99. The monoisotopic (exact) mass is 425 g/mol. The zero-order chi connectivity index (χ0) is 21.8. The molecule has 1 heterocycles. The number of para-hydroxylation sites is 1. The van der Waals surface area contributed by atoms with Crippen molar-refractivity contribution < 1.29 is 14.0 Å². The molecule has 0 saturated heterocycles. The predicted octanol–water partition coefficient (Wildman–Crippen LogP) is 6.26. The molecule has 0 saturated carbocycles. The lowest BCUT2D eigenvalue weighted by atomic mass is 9.69. The molecule has 2 aromatic carbocycles. The molecule has 1 unspecified atom stereocenters. The molecule has 0 spiro atoms. The number of rotatable bonds is 2. The number of halogens is 2. The molecule has 0 fully saturated rings. The highest BCUT2D eigenvalue weighted by molar-refractivity contribution is 6.31. The van der Waals surface area contributed by atoms with Gasteiger partial charge in [0.1, 0.15) is 5.82 Å². The number of nitrogens with zero attached hydrogens (tertiary/aromatic N) is 1. The molecule has 0 bridgehead atoms. The lowest BCUT2D eigenvalue weighted by molar-refractivity contribution is -0.121. The van der Waals surface area contributed by atoms with Gasteiger partial charge >= 0.3 is 0 Å². The second-order valence-corrected chi connectivity index (χ2v) is 9.57. The van der Waals surface area contributed by atoms with Crippen LogP contribution in [0.25, 0.3) is 0 Å². The first-order valence-corrected chi connectivity index (χ1v) is 10.6. The van der Waals surface area contributed by atoms with Gasteiger partial charge in [-0.15, -0.1) is 0 Å². The molecule has 2 aromatic rings. The van der Waals surface area contributed by atoms with E-state index < -0.39 is 11.7 Å². The number of hydrogen-bond donors (Lipinski definition) is 0. The van der Waals surface area contributed by atoms with Gasteiger partial charge in [0, 0.05) is 40.6 Å². The highest BCUT2D eigenvalue weighted by Crippen LogP contribution is 2.50. The summed E-state index contributed by atoms with van der Waals surface area (Å²) in [5.74, 6) is -1.31. The van der Waals surface area contributed by atoms with E-state index in [-0.39, 0.29) is 34.1 Å². The Labute approximate surface area is 181 Å². The second-order valence-electron chi connectivity index (χ2n) is 9.16. The van der Waals surface area contributed by atoms with Crippen LogP contribution in [-0.4, -0.2) is 11.7 Å². The van der Waals surface area contributed by atoms with Crippen LogP contribution in [0.2, 0.25) is 5.02 Å². The quantitative estimate of drug-likeness (QED) is 0.569. The molecule has 0 radical (unpaired) electrons. The summed E-state index contributed by atoms with van der Waals surface area (Å²) in [6, 6.07) is 10.4. The van der Waals surface area contributed by atoms with Crippen molar-refractivity contribution in [1.82, 2.24) is 0 Å². The third-order valence-corrected chi connectivity index (χ3v) is 6.48. The number of hydrogen-bond acceptors (Lipinski definition) is 2. The van der Waals surface area contributed by atoms with Crippen molar-refractivity contribution in [3.8, 4) is 0 Å². The summed E-state index contributed by atoms with van der Waals surface area (Å²) in [7, 11) is 0. The number of amides is 1. The first-order valence-electron chi connectivity index (χ1n) is 10.2. The highest BCUT2D eigenvalue weighted by atomic mass is 35.5. The van der Waals surface area contributed by atoms with Crippen LogP contribution in [0.15, 0.2) is 47.7 Å². The van der Waals surface area contributed by atoms with Crippen LogP contribution in [0.3, 0.4) is 0 Å². The fraction of sp³-hybridized carbons (Fsp3) is 0.360. The van der Waals surface area contributed by atoms with Gasteiger partial charge in [0.25, 0.3) is 0 Å². The SMILES string of the molecule is Cc1cccc(C)c1N1C(=O)CC(c2c(F)cccc2Cl)C2=C1CC(C)(C)CC2=O. The van der Waals surface area contributed by atoms with Gasteiger partial charge in [-0.05, 0) is 48.9 Å². The maximum atomic E-state index is 14.8. The molecule has 4 rings (SSSR count). The number of ketones is 1. The van der Waals surface area contributed by atoms with Gasteiger partial charge < -0.3 is 0 Å². The Kier molecular flexibility index (Phi) is 5.09. The van der Waals surface area contributed by atoms with E-state index in [4.69, 9.17) is 11.6 Å². The molecule has 0 N–H and O–H groups in total. The Morgan fingerprint density at radius 2 is 1.67 bits per heavy atom. The third kappa shape index (κ3) is 3.37. The molecular formula is C25H25ClFNO2. The summed E-state index contributed by atoms with van der Waals surface area (Å²) < 4.78 is 14.8. The van der Waals surface area contributed by atoms with Crippen molar-refractivity contribution in [2.45, 2.75) is 52.9 Å². The Morgan fingerprint density at radius 3 is 2.30 bits per heavy atom. The Bertz CT molecular complexity index is 1060. The number of benzene rings is 2. The fourth-order valence-electron chi connectivity index (χ4n) is 4.92. The summed E-state index contributed by atoms with van der Waals surface area (Å²) in [4.78, 5) is 28.5. The molecule has 3 nitrogen and oxygen atoms in total. The molecule has 5 heteroatoms. The minimum absolute atomic E-state index is 0.0133. The molecule has 0 aromatic heterocycles. The van der Waals surface area contributed by atoms with Gasteiger partial charge in [-0.25, -0.2) is 4.39 Å². The van der Waals surface area contributed by atoms with Gasteiger partial charge in [-0.3, -0.25) is 14.5 Å². The van der Waals surface area contributed by atoms with Crippen molar-refractivity contribution in [3.05, 3.63) is 75.2 Å². The average Bonchev–Trinajstić information content (AvgIpc) is 2.62. The van der Waals surface area contributed by atoms with Crippen LogP contribution in [-0.2, 0) is 9.59 Å². The largest absolute Gasteiger partial charge is 0.294 e. The van der Waals surface area contributed by atoms with Crippen LogP contribution in [0, 0.1) is 25.1 Å². The van der Waals surface area contributed by atoms with Gasteiger partial charge in [0.2, 0.25) is 5.91 Å². The van der Waals surface area contributed by atoms with Crippen LogP contribution in [0.1, 0.15) is 55.7 Å². The Hall–Kier alpha value is -2.46. The van der Waals surface area contributed by atoms with Crippen molar-refractivity contribution in [1.29, 1.82) is 0 Å². The zero-order valence-electron chi connectivity index (χ0n) is 17.7. The van der Waals surface area contributed by atoms with Crippen molar-refractivity contribution in [3.63, 3.8) is 0 Å². The molecule has 1 aliphatic carbocycles. The molecule has 1 aliphatic heterocycles. The van der Waals surface area contributed by atoms with E-state index in [2.05, 4.69) is 0 Å². The first-order chi connectivity index (χ1) is 14.1. The first kappa shape index (κ1) is 20.8. The number of aryl methyl sites for hydroxylation is 2. The minimum atomic E-state index is -0.662. The van der Waals surface area contributed by atoms with Gasteiger partial charge in [-0.2, -0.15) is 0 Å². The maximum Gasteiger partial charge on any atom is 0.232 e. The number of Topliss-reactive ketones (excluding diaryl/α,β-unsaturated/α-hetero) is 1. The van der Waals surface area contributed by atoms with Crippen molar-refractivity contribution in [2.24, 2.45) is 5.41 Å². The zero-order valence-corrected chi connectivity index (χ0v) is 18.4. The molecule has 2 aliphatic rings. The highest BCUT2D eigenvalue weighted by Gasteiger charge is 2.45. The number of carbonyl (C=O) groups is 2. The fourth-order valence-corrected chi connectivity index (χ4v) is 5.22. The smallest absolute Gasteiger partial charge is 0.232 e.